The number of aryl methyl sites for hydroxylation is 1. The molecule has 0 amide bonds. The molecule has 2 aromatic rings. The summed E-state index contributed by atoms with van der Waals surface area (Å²) in [7, 11) is 0. The van der Waals surface area contributed by atoms with Gasteiger partial charge in [0.25, 0.3) is 0 Å². The molecule has 0 radical (unpaired) electrons. The van der Waals surface area contributed by atoms with Gasteiger partial charge in [0.2, 0.25) is 5.95 Å². The number of benzene rings is 1. The lowest BCUT2D eigenvalue weighted by molar-refractivity contribution is 0.732. The number of rotatable bonds is 7. The Labute approximate surface area is 143 Å². The average Bonchev–Trinajstić information content (AvgIpc) is 2.51. The maximum absolute atomic E-state index is 6.19. The summed E-state index contributed by atoms with van der Waals surface area (Å²) in [6.07, 6.45) is 2.19. The van der Waals surface area contributed by atoms with Crippen LogP contribution in [-0.2, 0) is 0 Å². The van der Waals surface area contributed by atoms with E-state index in [0.717, 1.165) is 53.7 Å². The van der Waals surface area contributed by atoms with Crippen LogP contribution in [0.3, 0.4) is 0 Å². The second kappa shape index (κ2) is 8.16. The van der Waals surface area contributed by atoms with Crippen LogP contribution in [0.15, 0.2) is 24.3 Å². The van der Waals surface area contributed by atoms with Gasteiger partial charge in [-0.3, -0.25) is 0 Å². The Morgan fingerprint density at radius 3 is 2.43 bits per heavy atom. The third-order valence-corrected chi connectivity index (χ3v) is 4.08. The Morgan fingerprint density at radius 2 is 1.78 bits per heavy atom. The Bertz CT molecular complexity index is 651. The van der Waals surface area contributed by atoms with Gasteiger partial charge in [-0.15, -0.1) is 0 Å². The van der Waals surface area contributed by atoms with Crippen molar-refractivity contribution >= 4 is 29.1 Å². The largest absolute Gasteiger partial charge is 0.356 e. The molecule has 1 aromatic heterocycles. The third-order valence-electron chi connectivity index (χ3n) is 3.67. The van der Waals surface area contributed by atoms with Crippen molar-refractivity contribution in [2.75, 3.05) is 23.3 Å². The molecule has 1 N–H and O–H groups in total. The van der Waals surface area contributed by atoms with Crippen molar-refractivity contribution in [2.24, 2.45) is 0 Å². The molecule has 4 nitrogen and oxygen atoms in total. The lowest BCUT2D eigenvalue weighted by atomic mass is 10.2. The van der Waals surface area contributed by atoms with E-state index in [2.05, 4.69) is 29.0 Å². The zero-order valence-corrected chi connectivity index (χ0v) is 15.1. The van der Waals surface area contributed by atoms with Gasteiger partial charge in [-0.25, -0.2) is 4.98 Å². The molecule has 0 saturated carbocycles. The number of hydrogen-bond donors (Lipinski definition) is 1. The zero-order valence-electron chi connectivity index (χ0n) is 14.4. The molecule has 0 unspecified atom stereocenters. The van der Waals surface area contributed by atoms with Crippen LogP contribution in [0.5, 0.6) is 0 Å². The number of aromatic nitrogens is 2. The molecule has 124 valence electrons. The van der Waals surface area contributed by atoms with Gasteiger partial charge in [0.1, 0.15) is 5.82 Å². The van der Waals surface area contributed by atoms with Crippen LogP contribution in [0, 0.1) is 13.8 Å². The van der Waals surface area contributed by atoms with Crippen LogP contribution < -0.4 is 10.2 Å². The quantitative estimate of drug-likeness (QED) is 0.764. The van der Waals surface area contributed by atoms with Gasteiger partial charge in [0.05, 0.1) is 0 Å². The lowest BCUT2D eigenvalue weighted by Gasteiger charge is -2.23. The average molecular weight is 333 g/mol. The van der Waals surface area contributed by atoms with Crippen LogP contribution in [0.25, 0.3) is 0 Å². The van der Waals surface area contributed by atoms with Crippen molar-refractivity contribution < 1.29 is 0 Å². The smallest absolute Gasteiger partial charge is 0.229 e. The summed E-state index contributed by atoms with van der Waals surface area (Å²) in [5, 5.41) is 4.04. The Balaban J connectivity index is 2.31. The van der Waals surface area contributed by atoms with Gasteiger partial charge < -0.3 is 10.2 Å². The van der Waals surface area contributed by atoms with Crippen LogP contribution in [-0.4, -0.2) is 23.1 Å². The number of nitrogens with zero attached hydrogens (tertiary/aromatic N) is 3. The van der Waals surface area contributed by atoms with E-state index in [-0.39, 0.29) is 0 Å². The summed E-state index contributed by atoms with van der Waals surface area (Å²) in [6, 6.07) is 7.84. The Hall–Kier alpha value is -1.81. The van der Waals surface area contributed by atoms with E-state index in [1.165, 1.54) is 0 Å². The van der Waals surface area contributed by atoms with Crippen molar-refractivity contribution in [3.8, 4) is 0 Å². The van der Waals surface area contributed by atoms with Crippen LogP contribution in [0.2, 0.25) is 5.02 Å². The predicted octanol–water partition coefficient (Wildman–Crippen LogP) is 5.12. The van der Waals surface area contributed by atoms with Crippen LogP contribution >= 0.6 is 11.6 Å². The van der Waals surface area contributed by atoms with E-state index in [0.29, 0.717) is 5.95 Å². The standard InChI is InChI=1S/C18H25ClN4/c1-5-10-23(11-6-2)17-12-13(3)20-18(22-17)21-16-9-7-8-15(19)14(16)4/h7-9,12H,5-6,10-11H2,1-4H3,(H,20,21,22). The molecule has 0 aliphatic carbocycles. The minimum absolute atomic E-state index is 0.613. The number of hydrogen-bond acceptors (Lipinski definition) is 4. The summed E-state index contributed by atoms with van der Waals surface area (Å²) in [5.41, 5.74) is 2.89. The highest BCUT2D eigenvalue weighted by Crippen LogP contribution is 2.26. The molecule has 0 fully saturated rings. The van der Waals surface area contributed by atoms with Crippen molar-refractivity contribution in [1.29, 1.82) is 0 Å². The highest BCUT2D eigenvalue weighted by molar-refractivity contribution is 6.31. The van der Waals surface area contributed by atoms with Gasteiger partial charge >= 0.3 is 0 Å². The molecule has 0 saturated heterocycles. The SMILES string of the molecule is CCCN(CCC)c1cc(C)nc(Nc2cccc(Cl)c2C)n1. The van der Waals surface area contributed by atoms with E-state index in [1.807, 2.05) is 38.1 Å². The molecular formula is C18H25ClN4. The summed E-state index contributed by atoms with van der Waals surface area (Å²) in [4.78, 5) is 11.5. The third kappa shape index (κ3) is 4.58. The summed E-state index contributed by atoms with van der Waals surface area (Å²) in [5.74, 6) is 1.59. The molecule has 0 bridgehead atoms. The Morgan fingerprint density at radius 1 is 1.09 bits per heavy atom. The molecular weight excluding hydrogens is 308 g/mol. The minimum Gasteiger partial charge on any atom is -0.356 e. The van der Waals surface area contributed by atoms with E-state index in [4.69, 9.17) is 16.6 Å². The lowest BCUT2D eigenvalue weighted by Crippen LogP contribution is -2.26. The normalized spacial score (nSPS) is 10.7. The maximum atomic E-state index is 6.19. The first kappa shape index (κ1) is 17.5. The van der Waals surface area contributed by atoms with E-state index >= 15 is 0 Å². The summed E-state index contributed by atoms with van der Waals surface area (Å²) >= 11 is 6.19. The second-order valence-corrected chi connectivity index (χ2v) is 6.12. The van der Waals surface area contributed by atoms with Crippen molar-refractivity contribution in [3.63, 3.8) is 0 Å². The summed E-state index contributed by atoms with van der Waals surface area (Å²) in [6.45, 7) is 10.4. The topological polar surface area (TPSA) is 41.1 Å². The minimum atomic E-state index is 0.613. The fourth-order valence-electron chi connectivity index (χ4n) is 2.51. The van der Waals surface area contributed by atoms with Crippen molar-refractivity contribution in [3.05, 3.63) is 40.5 Å². The highest BCUT2D eigenvalue weighted by Gasteiger charge is 2.10. The maximum Gasteiger partial charge on any atom is 0.229 e. The van der Waals surface area contributed by atoms with Crippen molar-refractivity contribution in [2.45, 2.75) is 40.5 Å². The molecule has 0 spiro atoms. The molecule has 23 heavy (non-hydrogen) atoms. The van der Waals surface area contributed by atoms with Crippen LogP contribution in [0.1, 0.15) is 37.9 Å². The number of anilines is 3. The van der Waals surface area contributed by atoms with E-state index in [1.54, 1.807) is 0 Å². The molecule has 1 heterocycles. The fraction of sp³-hybridized carbons (Fsp3) is 0.444. The molecule has 0 aliphatic rings. The van der Waals surface area contributed by atoms with Crippen LogP contribution in [0.4, 0.5) is 17.5 Å². The first-order valence-electron chi connectivity index (χ1n) is 8.18. The predicted molar refractivity (Wildman–Crippen MR) is 99.0 cm³/mol. The number of nitrogens with one attached hydrogen (secondary N) is 1. The fourth-order valence-corrected chi connectivity index (χ4v) is 2.69. The Kier molecular flexibility index (Phi) is 6.22. The first-order chi connectivity index (χ1) is 11.0. The first-order valence-corrected chi connectivity index (χ1v) is 8.55. The van der Waals surface area contributed by atoms with E-state index < -0.39 is 0 Å². The monoisotopic (exact) mass is 332 g/mol. The van der Waals surface area contributed by atoms with Gasteiger partial charge in [-0.05, 0) is 44.4 Å². The van der Waals surface area contributed by atoms with Gasteiger partial charge in [0.15, 0.2) is 0 Å². The second-order valence-electron chi connectivity index (χ2n) is 5.72. The molecule has 0 aliphatic heterocycles. The zero-order chi connectivity index (χ0) is 16.8. The van der Waals surface area contributed by atoms with Gasteiger partial charge in [-0.1, -0.05) is 31.5 Å². The molecule has 1 aromatic carbocycles. The van der Waals surface area contributed by atoms with Crippen molar-refractivity contribution in [1.82, 2.24) is 9.97 Å². The van der Waals surface area contributed by atoms with E-state index in [9.17, 15) is 0 Å². The van der Waals surface area contributed by atoms with Gasteiger partial charge in [-0.2, -0.15) is 4.98 Å². The number of halogens is 1. The molecule has 2 rings (SSSR count). The highest BCUT2D eigenvalue weighted by atomic mass is 35.5. The van der Waals surface area contributed by atoms with Gasteiger partial charge in [0, 0.05) is 35.6 Å². The molecule has 0 atom stereocenters. The summed E-state index contributed by atoms with van der Waals surface area (Å²) < 4.78 is 0. The molecule has 5 heteroatoms.